The van der Waals surface area contributed by atoms with E-state index in [2.05, 4.69) is 4.72 Å². The Balaban J connectivity index is 2.29. The van der Waals surface area contributed by atoms with Crippen LogP contribution in [0.4, 0.5) is 5.69 Å². The van der Waals surface area contributed by atoms with Crippen LogP contribution in [0.2, 0.25) is 0 Å². The molecule has 6 heteroatoms. The number of nitrogens with two attached hydrogens (primary N) is 1. The molecule has 3 N–H and O–H groups in total. The number of nitrogens with one attached hydrogen (secondary N) is 1. The van der Waals surface area contributed by atoms with Gasteiger partial charge < -0.3 is 10.5 Å². The summed E-state index contributed by atoms with van der Waals surface area (Å²) in [5, 5.41) is 0. The molecule has 1 heterocycles. The molecule has 0 spiro atoms. The van der Waals surface area contributed by atoms with Crippen molar-refractivity contribution in [2.75, 3.05) is 12.3 Å². The summed E-state index contributed by atoms with van der Waals surface area (Å²) in [4.78, 5) is 0.205. The Morgan fingerprint density at radius 1 is 1.30 bits per heavy atom. The van der Waals surface area contributed by atoms with Gasteiger partial charge >= 0.3 is 0 Å². The van der Waals surface area contributed by atoms with Gasteiger partial charge in [0.15, 0.2) is 0 Å². The molecule has 2 atom stereocenters. The molecule has 1 aromatic carbocycles. The predicted octanol–water partition coefficient (Wildman–Crippen LogP) is 1.73. The van der Waals surface area contributed by atoms with E-state index in [0.29, 0.717) is 30.7 Å². The molecule has 1 aliphatic rings. The fourth-order valence-corrected chi connectivity index (χ4v) is 4.26. The summed E-state index contributed by atoms with van der Waals surface area (Å²) in [5.41, 5.74) is 7.73. The number of hydrogen-bond donors (Lipinski definition) is 2. The average molecular weight is 298 g/mol. The molecule has 0 radical (unpaired) electrons. The van der Waals surface area contributed by atoms with Gasteiger partial charge in [-0.05, 0) is 44.7 Å². The van der Waals surface area contributed by atoms with Crippen molar-refractivity contribution in [2.24, 2.45) is 0 Å². The van der Waals surface area contributed by atoms with Gasteiger partial charge in [0, 0.05) is 12.6 Å². The minimum absolute atomic E-state index is 0.0763. The highest BCUT2D eigenvalue weighted by molar-refractivity contribution is 7.89. The van der Waals surface area contributed by atoms with Crippen LogP contribution in [0.1, 0.15) is 30.9 Å². The van der Waals surface area contributed by atoms with Gasteiger partial charge in [-0.2, -0.15) is 0 Å². The Kier molecular flexibility index (Phi) is 4.36. The van der Waals surface area contributed by atoms with Crippen LogP contribution in [0.25, 0.3) is 0 Å². The van der Waals surface area contributed by atoms with Crippen molar-refractivity contribution in [1.29, 1.82) is 0 Å². The van der Waals surface area contributed by atoms with E-state index in [9.17, 15) is 8.42 Å². The van der Waals surface area contributed by atoms with Crippen molar-refractivity contribution >= 4 is 15.7 Å². The fourth-order valence-electron chi connectivity index (χ4n) is 2.55. The molecule has 0 aliphatic carbocycles. The lowest BCUT2D eigenvalue weighted by Crippen LogP contribution is -2.41. The third kappa shape index (κ3) is 3.13. The topological polar surface area (TPSA) is 81.4 Å². The molecular formula is C14H22N2O3S. The SMILES string of the molecule is Cc1ccc(C)c(S(=O)(=O)NC2CCOC(C)C2)c1N. The lowest BCUT2D eigenvalue weighted by atomic mass is 10.1. The van der Waals surface area contributed by atoms with Gasteiger partial charge in [-0.15, -0.1) is 0 Å². The second-order valence-corrected chi connectivity index (χ2v) is 7.12. The molecule has 1 saturated heterocycles. The Bertz CT molecular complexity index is 599. The highest BCUT2D eigenvalue weighted by Crippen LogP contribution is 2.27. The van der Waals surface area contributed by atoms with E-state index in [1.165, 1.54) is 0 Å². The minimum Gasteiger partial charge on any atom is -0.397 e. The smallest absolute Gasteiger partial charge is 0.243 e. The van der Waals surface area contributed by atoms with E-state index < -0.39 is 10.0 Å². The maximum Gasteiger partial charge on any atom is 0.243 e. The van der Waals surface area contributed by atoms with E-state index in [1.54, 1.807) is 13.0 Å². The van der Waals surface area contributed by atoms with Gasteiger partial charge in [-0.1, -0.05) is 12.1 Å². The monoisotopic (exact) mass is 298 g/mol. The molecule has 1 aromatic rings. The van der Waals surface area contributed by atoms with Crippen molar-refractivity contribution in [2.45, 2.75) is 50.7 Å². The van der Waals surface area contributed by atoms with Crippen LogP contribution in [0.15, 0.2) is 17.0 Å². The molecule has 0 aromatic heterocycles. The zero-order chi connectivity index (χ0) is 14.9. The maximum absolute atomic E-state index is 12.6. The third-order valence-corrected chi connectivity index (χ3v) is 5.41. The van der Waals surface area contributed by atoms with E-state index in [0.717, 1.165) is 5.56 Å². The number of anilines is 1. The summed E-state index contributed by atoms with van der Waals surface area (Å²) >= 11 is 0. The minimum atomic E-state index is -3.60. The van der Waals surface area contributed by atoms with Crippen LogP contribution >= 0.6 is 0 Å². The quantitative estimate of drug-likeness (QED) is 0.833. The van der Waals surface area contributed by atoms with Gasteiger partial charge in [-0.3, -0.25) is 0 Å². The second-order valence-electron chi connectivity index (χ2n) is 5.47. The van der Waals surface area contributed by atoms with Crippen LogP contribution < -0.4 is 10.5 Å². The molecule has 20 heavy (non-hydrogen) atoms. The van der Waals surface area contributed by atoms with Crippen LogP contribution in [0.3, 0.4) is 0 Å². The van der Waals surface area contributed by atoms with Crippen LogP contribution in [-0.4, -0.2) is 27.2 Å². The molecule has 5 nitrogen and oxygen atoms in total. The van der Waals surface area contributed by atoms with Crippen LogP contribution in [-0.2, 0) is 14.8 Å². The number of ether oxygens (including phenoxy) is 1. The number of aryl methyl sites for hydroxylation is 2. The number of rotatable bonds is 3. The van der Waals surface area contributed by atoms with Gasteiger partial charge in [0.05, 0.1) is 11.8 Å². The summed E-state index contributed by atoms with van der Waals surface area (Å²) in [6, 6.07) is 3.52. The number of sulfonamides is 1. The summed E-state index contributed by atoms with van der Waals surface area (Å²) in [6.45, 7) is 6.10. The third-order valence-electron chi connectivity index (χ3n) is 3.69. The average Bonchev–Trinajstić information content (AvgIpc) is 2.33. The number of hydrogen-bond acceptors (Lipinski definition) is 4. The molecule has 0 bridgehead atoms. The molecule has 1 aliphatic heterocycles. The van der Waals surface area contributed by atoms with Crippen molar-refractivity contribution in [3.8, 4) is 0 Å². The zero-order valence-electron chi connectivity index (χ0n) is 12.1. The highest BCUT2D eigenvalue weighted by Gasteiger charge is 2.27. The molecule has 0 amide bonds. The summed E-state index contributed by atoms with van der Waals surface area (Å²) < 4.78 is 33.3. The van der Waals surface area contributed by atoms with Crippen molar-refractivity contribution in [1.82, 2.24) is 4.72 Å². The van der Waals surface area contributed by atoms with Crippen molar-refractivity contribution < 1.29 is 13.2 Å². The first-order valence-corrected chi connectivity index (χ1v) is 8.29. The van der Waals surface area contributed by atoms with E-state index in [4.69, 9.17) is 10.5 Å². The second kappa shape index (κ2) is 5.71. The predicted molar refractivity (Wildman–Crippen MR) is 79.1 cm³/mol. The Morgan fingerprint density at radius 3 is 2.60 bits per heavy atom. The van der Waals surface area contributed by atoms with Crippen molar-refractivity contribution in [3.63, 3.8) is 0 Å². The first kappa shape index (κ1) is 15.3. The van der Waals surface area contributed by atoms with Crippen molar-refractivity contribution in [3.05, 3.63) is 23.3 Å². The zero-order valence-corrected chi connectivity index (χ0v) is 13.0. The van der Waals surface area contributed by atoms with E-state index >= 15 is 0 Å². The fraction of sp³-hybridized carbons (Fsp3) is 0.571. The standard InChI is InChI=1S/C14H22N2O3S/c1-9-4-5-10(2)14(13(9)15)20(17,18)16-12-6-7-19-11(3)8-12/h4-5,11-12,16H,6-8,15H2,1-3H3. The number of nitrogen functional groups attached to an aromatic ring is 1. The van der Waals surface area contributed by atoms with Crippen LogP contribution in [0, 0.1) is 13.8 Å². The summed E-state index contributed by atoms with van der Waals surface area (Å²) in [6.07, 6.45) is 1.45. The van der Waals surface area contributed by atoms with Gasteiger partial charge in [0.1, 0.15) is 4.90 Å². The summed E-state index contributed by atoms with van der Waals surface area (Å²) in [5.74, 6) is 0. The van der Waals surface area contributed by atoms with E-state index in [1.807, 2.05) is 19.9 Å². The molecule has 2 unspecified atom stereocenters. The normalized spacial score (nSPS) is 23.8. The first-order chi connectivity index (χ1) is 9.31. The number of benzene rings is 1. The molecule has 112 valence electrons. The first-order valence-electron chi connectivity index (χ1n) is 6.81. The van der Waals surface area contributed by atoms with Gasteiger partial charge in [0.25, 0.3) is 0 Å². The Labute approximate surface area is 120 Å². The molecule has 1 fully saturated rings. The molecule has 0 saturated carbocycles. The van der Waals surface area contributed by atoms with Gasteiger partial charge in [0.2, 0.25) is 10.0 Å². The maximum atomic E-state index is 12.6. The summed E-state index contributed by atoms with van der Waals surface area (Å²) in [7, 11) is -3.60. The molecule has 2 rings (SSSR count). The Morgan fingerprint density at radius 2 is 1.95 bits per heavy atom. The Hall–Kier alpha value is -1.11. The lowest BCUT2D eigenvalue weighted by molar-refractivity contribution is 0.0173. The molecular weight excluding hydrogens is 276 g/mol. The van der Waals surface area contributed by atoms with E-state index in [-0.39, 0.29) is 17.0 Å². The largest absolute Gasteiger partial charge is 0.397 e. The van der Waals surface area contributed by atoms with Gasteiger partial charge in [-0.25, -0.2) is 13.1 Å². The lowest BCUT2D eigenvalue weighted by Gasteiger charge is -2.28. The highest BCUT2D eigenvalue weighted by atomic mass is 32.2. The van der Waals surface area contributed by atoms with Crippen LogP contribution in [0.5, 0.6) is 0 Å².